The van der Waals surface area contributed by atoms with E-state index in [1.807, 2.05) is 0 Å². The molecule has 0 radical (unpaired) electrons. The van der Waals surface area contributed by atoms with E-state index in [9.17, 15) is 32.3 Å². The van der Waals surface area contributed by atoms with Crippen LogP contribution in [0.1, 0.15) is 25.0 Å². The first kappa shape index (κ1) is 26.2. The fourth-order valence-electron chi connectivity index (χ4n) is 4.16. The van der Waals surface area contributed by atoms with Gasteiger partial charge in [0.2, 0.25) is 0 Å². The lowest BCUT2D eigenvalue weighted by Crippen LogP contribution is -2.78. The number of benzene rings is 1. The molecule has 198 valence electrons. The maximum atomic E-state index is 13.5. The predicted octanol–water partition coefficient (Wildman–Crippen LogP) is 1.82. The molecule has 1 atom stereocenters. The summed E-state index contributed by atoms with van der Waals surface area (Å²) in [7, 11) is 0. The molecule has 3 aliphatic rings. The fraction of sp³-hybridized carbons (Fsp3) is 0.391. The van der Waals surface area contributed by atoms with Crippen molar-refractivity contribution in [2.24, 2.45) is 0 Å². The van der Waals surface area contributed by atoms with Gasteiger partial charge < -0.3 is 23.8 Å². The molecule has 1 spiro atoms. The van der Waals surface area contributed by atoms with Gasteiger partial charge >= 0.3 is 36.0 Å². The van der Waals surface area contributed by atoms with Crippen molar-refractivity contribution in [3.05, 3.63) is 53.6 Å². The van der Waals surface area contributed by atoms with E-state index in [2.05, 4.69) is 0 Å². The first-order chi connectivity index (χ1) is 17.4. The highest BCUT2D eigenvalue weighted by molar-refractivity contribution is 5.94. The standard InChI is InChI=1S/C23H21F3N2O9/c1-3-33-16-5-4-15(22(24,25)26)12-14(16)13-27-10-11-28-21(2,34-17(29)8-9-20(32)37-28)23(27)35-18(30)6-7-19(31)36-23/h4-9,12H,3,10-11,13H2,1-2H3/b9-8+/t21-/m0/s1. The Morgan fingerprint density at radius 3 is 2.11 bits per heavy atom. The van der Waals surface area contributed by atoms with E-state index in [1.165, 1.54) is 11.8 Å². The van der Waals surface area contributed by atoms with E-state index in [-0.39, 0.29) is 31.0 Å². The van der Waals surface area contributed by atoms with Gasteiger partial charge in [-0.05, 0) is 25.1 Å². The number of halogens is 3. The SMILES string of the molecule is CCOc1ccc(C(F)(F)F)cc1CN1CCN2OC(=O)/C=C/C(=O)O[C@@]2(C)C12OC(=O)C=CC(=O)O2. The van der Waals surface area contributed by atoms with E-state index < -0.39 is 53.8 Å². The van der Waals surface area contributed by atoms with E-state index in [0.29, 0.717) is 0 Å². The summed E-state index contributed by atoms with van der Waals surface area (Å²) < 4.78 is 62.5. The first-order valence-electron chi connectivity index (χ1n) is 11.0. The average molecular weight is 526 g/mol. The first-order valence-corrected chi connectivity index (χ1v) is 11.0. The molecule has 37 heavy (non-hydrogen) atoms. The molecular weight excluding hydrogens is 505 g/mol. The second kappa shape index (κ2) is 9.52. The van der Waals surface area contributed by atoms with E-state index in [0.717, 1.165) is 47.6 Å². The van der Waals surface area contributed by atoms with E-state index >= 15 is 0 Å². The predicted molar refractivity (Wildman–Crippen MR) is 114 cm³/mol. The summed E-state index contributed by atoms with van der Waals surface area (Å²) in [5, 5.41) is 0.870. The molecule has 3 aliphatic heterocycles. The van der Waals surface area contributed by atoms with Crippen molar-refractivity contribution >= 4 is 23.9 Å². The lowest BCUT2D eigenvalue weighted by atomic mass is 10.0. The molecular formula is C23H21F3N2O9. The Kier molecular flexibility index (Phi) is 6.73. The minimum atomic E-state index is -4.68. The minimum Gasteiger partial charge on any atom is -0.494 e. The van der Waals surface area contributed by atoms with Crippen LogP contribution in [-0.2, 0) is 50.9 Å². The van der Waals surface area contributed by atoms with Gasteiger partial charge in [0.05, 0.1) is 18.7 Å². The lowest BCUT2D eigenvalue weighted by molar-refractivity contribution is -0.439. The highest BCUT2D eigenvalue weighted by atomic mass is 19.4. The Bertz CT molecular complexity index is 1180. The normalized spacial score (nSPS) is 25.1. The number of fused-ring (bicyclic) bond motifs is 2. The highest BCUT2D eigenvalue weighted by Crippen LogP contribution is 2.44. The van der Waals surface area contributed by atoms with Crippen LogP contribution in [0.5, 0.6) is 5.75 Å². The zero-order chi connectivity index (χ0) is 27.0. The maximum Gasteiger partial charge on any atom is 0.416 e. The molecule has 0 unspecified atom stereocenters. The van der Waals surface area contributed by atoms with Gasteiger partial charge in [0.25, 0.3) is 5.72 Å². The van der Waals surface area contributed by atoms with Crippen LogP contribution in [0.25, 0.3) is 0 Å². The Morgan fingerprint density at radius 1 is 0.919 bits per heavy atom. The number of esters is 3. The molecule has 0 bridgehead atoms. The van der Waals surface area contributed by atoms with Crippen molar-refractivity contribution in [2.75, 3.05) is 19.7 Å². The van der Waals surface area contributed by atoms with Crippen molar-refractivity contribution in [3.63, 3.8) is 0 Å². The number of nitrogens with zero attached hydrogens (tertiary/aromatic N) is 2. The second-order valence-corrected chi connectivity index (χ2v) is 8.18. The van der Waals surface area contributed by atoms with Gasteiger partial charge in [0.1, 0.15) is 5.75 Å². The summed E-state index contributed by atoms with van der Waals surface area (Å²) in [6, 6.07) is 2.84. The number of alkyl halides is 3. The zero-order valence-corrected chi connectivity index (χ0v) is 19.6. The van der Waals surface area contributed by atoms with Crippen molar-refractivity contribution < 1.29 is 56.1 Å². The third-order valence-electron chi connectivity index (χ3n) is 5.79. The van der Waals surface area contributed by atoms with Crippen molar-refractivity contribution in [3.8, 4) is 5.75 Å². The Hall–Kier alpha value is -3.91. The van der Waals surface area contributed by atoms with Gasteiger partial charge in [0.15, 0.2) is 0 Å². The van der Waals surface area contributed by atoms with Gasteiger partial charge in [-0.2, -0.15) is 13.2 Å². The topological polar surface area (TPSA) is 121 Å². The summed E-state index contributed by atoms with van der Waals surface area (Å²) in [5.41, 5.74) is -3.25. The third kappa shape index (κ3) is 4.89. The number of rotatable bonds is 4. The minimum absolute atomic E-state index is 0.00599. The molecule has 0 aliphatic carbocycles. The maximum absolute atomic E-state index is 13.5. The van der Waals surface area contributed by atoms with E-state index in [4.69, 9.17) is 23.8 Å². The van der Waals surface area contributed by atoms with Crippen molar-refractivity contribution in [2.45, 2.75) is 38.2 Å². The monoisotopic (exact) mass is 526 g/mol. The van der Waals surface area contributed by atoms with Crippen LogP contribution in [0.2, 0.25) is 0 Å². The quantitative estimate of drug-likeness (QED) is 0.534. The summed E-state index contributed by atoms with van der Waals surface area (Å²) in [4.78, 5) is 56.1. The van der Waals surface area contributed by atoms with Crippen molar-refractivity contribution in [1.29, 1.82) is 0 Å². The number of hydrogen-bond donors (Lipinski definition) is 0. The Balaban J connectivity index is 1.86. The molecule has 0 amide bonds. The molecule has 1 fully saturated rings. The number of carbonyl (C=O) groups excluding carboxylic acids is 4. The van der Waals surface area contributed by atoms with Crippen molar-refractivity contribution in [1.82, 2.24) is 9.96 Å². The molecule has 4 rings (SSSR count). The summed E-state index contributed by atoms with van der Waals surface area (Å²) in [6.07, 6.45) is -1.57. The third-order valence-corrected chi connectivity index (χ3v) is 5.79. The van der Waals surface area contributed by atoms with E-state index in [1.54, 1.807) is 6.92 Å². The highest BCUT2D eigenvalue weighted by Gasteiger charge is 2.69. The van der Waals surface area contributed by atoms with Gasteiger partial charge in [-0.25, -0.2) is 24.1 Å². The molecule has 11 nitrogen and oxygen atoms in total. The zero-order valence-electron chi connectivity index (χ0n) is 19.6. The summed E-state index contributed by atoms with van der Waals surface area (Å²) in [5.74, 6) is -6.72. The van der Waals surface area contributed by atoms with Gasteiger partial charge in [-0.15, -0.1) is 0 Å². The number of ether oxygens (including phenoxy) is 4. The van der Waals surface area contributed by atoms with Gasteiger partial charge in [-0.1, -0.05) is 5.06 Å². The molecule has 1 saturated heterocycles. The lowest BCUT2D eigenvalue weighted by Gasteiger charge is -2.55. The van der Waals surface area contributed by atoms with Crippen LogP contribution in [0.4, 0.5) is 13.2 Å². The number of hydrogen-bond acceptors (Lipinski definition) is 11. The number of hydroxylamine groups is 2. The average Bonchev–Trinajstić information content (AvgIpc) is 2.96. The molecule has 1 aromatic carbocycles. The van der Waals surface area contributed by atoms with Crippen LogP contribution >= 0.6 is 0 Å². The van der Waals surface area contributed by atoms with Gasteiger partial charge in [0, 0.05) is 49.9 Å². The van der Waals surface area contributed by atoms with Crippen LogP contribution in [-0.4, -0.2) is 65.2 Å². The number of piperazine rings is 1. The summed E-state index contributed by atoms with van der Waals surface area (Å²) in [6.45, 7) is 2.14. The molecule has 14 heteroatoms. The largest absolute Gasteiger partial charge is 0.494 e. The fourth-order valence-corrected chi connectivity index (χ4v) is 4.16. The molecule has 1 aromatic rings. The molecule has 3 heterocycles. The molecule has 0 aromatic heterocycles. The summed E-state index contributed by atoms with van der Waals surface area (Å²) >= 11 is 0. The van der Waals surface area contributed by atoms with Crippen LogP contribution in [0, 0.1) is 0 Å². The number of carbonyl (C=O) groups is 4. The second-order valence-electron chi connectivity index (χ2n) is 8.18. The van der Waals surface area contributed by atoms with Crippen LogP contribution < -0.4 is 4.74 Å². The van der Waals surface area contributed by atoms with Gasteiger partial charge in [-0.3, -0.25) is 0 Å². The van der Waals surface area contributed by atoms with Crippen LogP contribution in [0.3, 0.4) is 0 Å². The Labute approximate surface area is 207 Å². The smallest absolute Gasteiger partial charge is 0.416 e. The molecule has 0 saturated carbocycles. The Morgan fingerprint density at radius 2 is 1.51 bits per heavy atom. The van der Waals surface area contributed by atoms with Crippen LogP contribution in [0.15, 0.2) is 42.5 Å². The molecule has 0 N–H and O–H groups in total.